The van der Waals surface area contributed by atoms with Gasteiger partial charge in [-0.1, -0.05) is 30.3 Å². The molecule has 3 rings (SSSR count). The van der Waals surface area contributed by atoms with Crippen molar-refractivity contribution in [3.05, 3.63) is 58.3 Å². The van der Waals surface area contributed by atoms with Gasteiger partial charge >= 0.3 is 0 Å². The SMILES string of the molecule is O=C(C[C@@H]1C(=O)NCCN1Cc1ccccc1)NCc1ccsc1. The van der Waals surface area contributed by atoms with Crippen LogP contribution in [0.15, 0.2) is 47.2 Å². The Morgan fingerprint density at radius 1 is 1.25 bits per heavy atom. The molecular weight excluding hydrogens is 322 g/mol. The van der Waals surface area contributed by atoms with Crippen LogP contribution in [0.2, 0.25) is 0 Å². The molecule has 1 aromatic heterocycles. The third-order valence-electron chi connectivity index (χ3n) is 4.12. The van der Waals surface area contributed by atoms with Crippen LogP contribution in [0.5, 0.6) is 0 Å². The van der Waals surface area contributed by atoms with Crippen LogP contribution in [0.3, 0.4) is 0 Å². The van der Waals surface area contributed by atoms with Crippen LogP contribution in [0.25, 0.3) is 0 Å². The third kappa shape index (κ3) is 4.43. The molecule has 5 nitrogen and oxygen atoms in total. The Hall–Kier alpha value is -2.18. The Bertz CT molecular complexity index is 673. The predicted octanol–water partition coefficient (Wildman–Crippen LogP) is 1.75. The standard InChI is InChI=1S/C18H21N3O2S/c22-17(20-11-15-6-9-24-13-15)10-16-18(23)19-7-8-21(16)12-14-4-2-1-3-5-14/h1-6,9,13,16H,7-8,10-12H2,(H,19,23)(H,20,22)/t16-/m1/s1. The van der Waals surface area contributed by atoms with Gasteiger partial charge in [-0.25, -0.2) is 0 Å². The van der Waals surface area contributed by atoms with Gasteiger partial charge in [0.2, 0.25) is 11.8 Å². The van der Waals surface area contributed by atoms with E-state index in [0.29, 0.717) is 19.6 Å². The number of carbonyl (C=O) groups is 2. The van der Waals surface area contributed by atoms with Crippen LogP contribution in [0.1, 0.15) is 17.5 Å². The summed E-state index contributed by atoms with van der Waals surface area (Å²) in [6, 6.07) is 11.6. The van der Waals surface area contributed by atoms with Gasteiger partial charge in [-0.15, -0.1) is 0 Å². The maximum atomic E-state index is 12.2. The minimum atomic E-state index is -0.415. The van der Waals surface area contributed by atoms with Crippen LogP contribution in [-0.4, -0.2) is 35.8 Å². The monoisotopic (exact) mass is 343 g/mol. The van der Waals surface area contributed by atoms with Crippen LogP contribution in [0.4, 0.5) is 0 Å². The van der Waals surface area contributed by atoms with E-state index < -0.39 is 6.04 Å². The average molecular weight is 343 g/mol. The molecular formula is C18H21N3O2S. The number of amides is 2. The van der Waals surface area contributed by atoms with E-state index in [1.807, 2.05) is 47.2 Å². The zero-order valence-electron chi connectivity index (χ0n) is 13.4. The van der Waals surface area contributed by atoms with Gasteiger partial charge in [0, 0.05) is 26.2 Å². The van der Waals surface area contributed by atoms with Gasteiger partial charge in [0.1, 0.15) is 0 Å². The van der Waals surface area contributed by atoms with Gasteiger partial charge in [-0.05, 0) is 28.0 Å². The Morgan fingerprint density at radius 2 is 2.08 bits per heavy atom. The molecule has 126 valence electrons. The van der Waals surface area contributed by atoms with Crippen molar-refractivity contribution in [3.63, 3.8) is 0 Å². The third-order valence-corrected chi connectivity index (χ3v) is 4.85. The summed E-state index contributed by atoms with van der Waals surface area (Å²) in [7, 11) is 0. The van der Waals surface area contributed by atoms with Crippen molar-refractivity contribution in [1.82, 2.24) is 15.5 Å². The molecule has 1 saturated heterocycles. The highest BCUT2D eigenvalue weighted by atomic mass is 32.1. The quantitative estimate of drug-likeness (QED) is 0.840. The minimum Gasteiger partial charge on any atom is -0.353 e. The van der Waals surface area contributed by atoms with E-state index in [-0.39, 0.29) is 18.2 Å². The summed E-state index contributed by atoms with van der Waals surface area (Å²) >= 11 is 1.61. The lowest BCUT2D eigenvalue weighted by molar-refractivity contribution is -0.134. The van der Waals surface area contributed by atoms with E-state index in [9.17, 15) is 9.59 Å². The topological polar surface area (TPSA) is 61.4 Å². The van der Waals surface area contributed by atoms with Crippen LogP contribution < -0.4 is 10.6 Å². The molecule has 1 aliphatic heterocycles. The van der Waals surface area contributed by atoms with Gasteiger partial charge in [0.15, 0.2) is 0 Å². The van der Waals surface area contributed by atoms with Gasteiger partial charge in [0.05, 0.1) is 12.5 Å². The number of piperazine rings is 1. The lowest BCUT2D eigenvalue weighted by Gasteiger charge is -2.34. The second-order valence-corrected chi connectivity index (χ2v) is 6.66. The molecule has 0 radical (unpaired) electrons. The van der Waals surface area contributed by atoms with Crippen molar-refractivity contribution < 1.29 is 9.59 Å². The fourth-order valence-corrected chi connectivity index (χ4v) is 3.50. The van der Waals surface area contributed by atoms with Crippen LogP contribution in [0, 0.1) is 0 Å². The molecule has 1 aliphatic rings. The molecule has 0 spiro atoms. The molecule has 6 heteroatoms. The molecule has 1 fully saturated rings. The van der Waals surface area contributed by atoms with Gasteiger partial charge in [0.25, 0.3) is 0 Å². The minimum absolute atomic E-state index is 0.0668. The molecule has 2 aromatic rings. The molecule has 2 heterocycles. The van der Waals surface area contributed by atoms with E-state index in [0.717, 1.165) is 17.7 Å². The number of rotatable bonds is 6. The molecule has 24 heavy (non-hydrogen) atoms. The Kier molecular flexibility index (Phi) is 5.61. The number of nitrogens with one attached hydrogen (secondary N) is 2. The fraction of sp³-hybridized carbons (Fsp3) is 0.333. The summed E-state index contributed by atoms with van der Waals surface area (Å²) in [4.78, 5) is 26.5. The van der Waals surface area contributed by atoms with Crippen molar-refractivity contribution >= 4 is 23.2 Å². The normalized spacial score (nSPS) is 18.2. The Morgan fingerprint density at radius 3 is 2.83 bits per heavy atom. The van der Waals surface area contributed by atoms with Crippen LogP contribution in [-0.2, 0) is 22.7 Å². The highest BCUT2D eigenvalue weighted by molar-refractivity contribution is 7.07. The second-order valence-electron chi connectivity index (χ2n) is 5.88. The summed E-state index contributed by atoms with van der Waals surface area (Å²) in [6.45, 7) is 2.56. The summed E-state index contributed by atoms with van der Waals surface area (Å²) < 4.78 is 0. The number of hydrogen-bond acceptors (Lipinski definition) is 4. The highest BCUT2D eigenvalue weighted by Crippen LogP contribution is 2.14. The lowest BCUT2D eigenvalue weighted by Crippen LogP contribution is -2.56. The maximum absolute atomic E-state index is 12.2. The van der Waals surface area contributed by atoms with Crippen molar-refractivity contribution in [2.45, 2.75) is 25.6 Å². The molecule has 2 N–H and O–H groups in total. The van der Waals surface area contributed by atoms with Gasteiger partial charge in [-0.3, -0.25) is 14.5 Å². The van der Waals surface area contributed by atoms with Crippen LogP contribution >= 0.6 is 11.3 Å². The summed E-state index contributed by atoms with van der Waals surface area (Å²) in [5.74, 6) is -0.163. The van der Waals surface area contributed by atoms with E-state index in [1.165, 1.54) is 0 Å². The van der Waals surface area contributed by atoms with Gasteiger partial charge < -0.3 is 10.6 Å². The summed E-state index contributed by atoms with van der Waals surface area (Å²) in [6.07, 6.45) is 0.183. The number of benzene rings is 1. The first-order chi connectivity index (χ1) is 11.7. The zero-order chi connectivity index (χ0) is 16.8. The van der Waals surface area contributed by atoms with Crippen molar-refractivity contribution in [2.75, 3.05) is 13.1 Å². The summed E-state index contributed by atoms with van der Waals surface area (Å²) in [5.41, 5.74) is 2.23. The molecule has 0 aliphatic carbocycles. The largest absolute Gasteiger partial charge is 0.353 e. The Labute approximate surface area is 145 Å². The van der Waals surface area contributed by atoms with E-state index in [2.05, 4.69) is 15.5 Å². The maximum Gasteiger partial charge on any atom is 0.237 e. The summed E-state index contributed by atoms with van der Waals surface area (Å²) in [5, 5.41) is 9.76. The fourth-order valence-electron chi connectivity index (χ4n) is 2.83. The van der Waals surface area contributed by atoms with E-state index >= 15 is 0 Å². The number of nitrogens with zero attached hydrogens (tertiary/aromatic N) is 1. The smallest absolute Gasteiger partial charge is 0.237 e. The van der Waals surface area contributed by atoms with Gasteiger partial charge in [-0.2, -0.15) is 11.3 Å². The number of hydrogen-bond donors (Lipinski definition) is 2. The van der Waals surface area contributed by atoms with Crippen molar-refractivity contribution in [2.24, 2.45) is 0 Å². The highest BCUT2D eigenvalue weighted by Gasteiger charge is 2.31. The van der Waals surface area contributed by atoms with E-state index in [1.54, 1.807) is 11.3 Å². The number of carbonyl (C=O) groups excluding carboxylic acids is 2. The lowest BCUT2D eigenvalue weighted by atomic mass is 10.1. The predicted molar refractivity (Wildman–Crippen MR) is 94.4 cm³/mol. The first-order valence-corrected chi connectivity index (χ1v) is 9.00. The first-order valence-electron chi connectivity index (χ1n) is 8.06. The Balaban J connectivity index is 1.59. The first kappa shape index (κ1) is 16.7. The molecule has 0 bridgehead atoms. The second kappa shape index (κ2) is 8.08. The van der Waals surface area contributed by atoms with Crippen molar-refractivity contribution in [1.29, 1.82) is 0 Å². The van der Waals surface area contributed by atoms with E-state index in [4.69, 9.17) is 0 Å². The van der Waals surface area contributed by atoms with Crippen molar-refractivity contribution in [3.8, 4) is 0 Å². The molecule has 1 atom stereocenters. The average Bonchev–Trinajstić information content (AvgIpc) is 3.11. The number of thiophene rings is 1. The molecule has 2 amide bonds. The molecule has 1 aromatic carbocycles. The molecule has 0 saturated carbocycles. The zero-order valence-corrected chi connectivity index (χ0v) is 14.2. The molecule has 0 unspecified atom stereocenters.